The van der Waals surface area contributed by atoms with E-state index in [1.165, 1.54) is 0 Å². The number of nitrogens with one attached hydrogen (secondary N) is 1. The van der Waals surface area contributed by atoms with Gasteiger partial charge in [0.1, 0.15) is 0 Å². The monoisotopic (exact) mass is 266 g/mol. The maximum absolute atomic E-state index is 11.9. The number of aliphatic hydroxyl groups is 1. The Labute approximate surface area is 117 Å². The summed E-state index contributed by atoms with van der Waals surface area (Å²) >= 11 is 0. The second-order valence-electron chi connectivity index (χ2n) is 4.49. The fourth-order valence-electron chi connectivity index (χ4n) is 1.74. The SMILES string of the molecule is Cc1ccc(C(O)C(=O)Nc2ccc(C#N)cc2)cc1. The number of carbonyl (C=O) groups is 1. The minimum absolute atomic E-state index is 0.501. The van der Waals surface area contributed by atoms with E-state index in [1.54, 1.807) is 36.4 Å². The minimum atomic E-state index is -1.22. The van der Waals surface area contributed by atoms with Gasteiger partial charge < -0.3 is 10.4 Å². The van der Waals surface area contributed by atoms with E-state index < -0.39 is 12.0 Å². The predicted molar refractivity (Wildman–Crippen MR) is 75.9 cm³/mol. The number of aliphatic hydroxyl groups excluding tert-OH is 1. The molecule has 2 aromatic rings. The van der Waals surface area contributed by atoms with Crippen molar-refractivity contribution in [3.05, 3.63) is 65.2 Å². The molecule has 1 amide bonds. The van der Waals surface area contributed by atoms with Gasteiger partial charge in [0.15, 0.2) is 6.10 Å². The van der Waals surface area contributed by atoms with Crippen LogP contribution in [0.25, 0.3) is 0 Å². The summed E-state index contributed by atoms with van der Waals surface area (Å²) in [7, 11) is 0. The van der Waals surface area contributed by atoms with Crippen LogP contribution in [0.2, 0.25) is 0 Å². The third-order valence-electron chi connectivity index (χ3n) is 2.92. The van der Waals surface area contributed by atoms with Crippen LogP contribution in [0.5, 0.6) is 0 Å². The number of nitrogens with zero attached hydrogens (tertiary/aromatic N) is 1. The highest BCUT2D eigenvalue weighted by Gasteiger charge is 2.17. The summed E-state index contributed by atoms with van der Waals surface area (Å²) in [6, 6.07) is 15.6. The van der Waals surface area contributed by atoms with Gasteiger partial charge in [-0.2, -0.15) is 5.26 Å². The number of hydrogen-bond donors (Lipinski definition) is 2. The number of carbonyl (C=O) groups excluding carboxylic acids is 1. The molecule has 0 fully saturated rings. The zero-order valence-corrected chi connectivity index (χ0v) is 11.0. The number of aryl methyl sites for hydroxylation is 1. The van der Waals surface area contributed by atoms with Gasteiger partial charge in [-0.1, -0.05) is 29.8 Å². The Morgan fingerprint density at radius 2 is 1.75 bits per heavy atom. The van der Waals surface area contributed by atoms with Crippen molar-refractivity contribution in [2.24, 2.45) is 0 Å². The van der Waals surface area contributed by atoms with Crippen LogP contribution in [-0.4, -0.2) is 11.0 Å². The van der Waals surface area contributed by atoms with Crippen molar-refractivity contribution in [2.45, 2.75) is 13.0 Å². The number of rotatable bonds is 3. The molecule has 0 radical (unpaired) electrons. The first kappa shape index (κ1) is 13.8. The lowest BCUT2D eigenvalue weighted by Gasteiger charge is -2.12. The molecule has 1 unspecified atom stereocenters. The number of amides is 1. The largest absolute Gasteiger partial charge is 0.378 e. The van der Waals surface area contributed by atoms with Gasteiger partial charge in [0.2, 0.25) is 0 Å². The fourth-order valence-corrected chi connectivity index (χ4v) is 1.74. The van der Waals surface area contributed by atoms with Crippen LogP contribution in [0.15, 0.2) is 48.5 Å². The van der Waals surface area contributed by atoms with Crippen LogP contribution in [0, 0.1) is 18.3 Å². The molecule has 2 rings (SSSR count). The molecule has 0 aliphatic rings. The summed E-state index contributed by atoms with van der Waals surface area (Å²) in [5, 5.41) is 21.3. The third kappa shape index (κ3) is 3.22. The van der Waals surface area contributed by atoms with Crippen molar-refractivity contribution in [3.8, 4) is 6.07 Å². The van der Waals surface area contributed by atoms with E-state index in [9.17, 15) is 9.90 Å². The maximum Gasteiger partial charge on any atom is 0.257 e. The zero-order chi connectivity index (χ0) is 14.5. The number of hydrogen-bond acceptors (Lipinski definition) is 3. The molecule has 0 spiro atoms. The Hall–Kier alpha value is -2.64. The summed E-state index contributed by atoms with van der Waals surface area (Å²) in [5.74, 6) is -0.501. The second-order valence-corrected chi connectivity index (χ2v) is 4.49. The highest BCUT2D eigenvalue weighted by molar-refractivity contribution is 5.94. The minimum Gasteiger partial charge on any atom is -0.378 e. The Morgan fingerprint density at radius 3 is 2.30 bits per heavy atom. The summed E-state index contributed by atoms with van der Waals surface area (Å²) in [6.07, 6.45) is -1.22. The first-order valence-electron chi connectivity index (χ1n) is 6.16. The van der Waals surface area contributed by atoms with E-state index in [1.807, 2.05) is 25.1 Å². The first-order chi connectivity index (χ1) is 9.60. The van der Waals surface area contributed by atoms with Crippen LogP contribution in [0.4, 0.5) is 5.69 Å². The second kappa shape index (κ2) is 6.00. The topological polar surface area (TPSA) is 73.1 Å². The lowest BCUT2D eigenvalue weighted by Crippen LogP contribution is -2.20. The van der Waals surface area contributed by atoms with E-state index >= 15 is 0 Å². The third-order valence-corrected chi connectivity index (χ3v) is 2.92. The molecule has 0 heterocycles. The van der Waals surface area contributed by atoms with Gasteiger partial charge in [-0.3, -0.25) is 4.79 Å². The van der Waals surface area contributed by atoms with E-state index in [-0.39, 0.29) is 0 Å². The zero-order valence-electron chi connectivity index (χ0n) is 11.0. The average Bonchev–Trinajstić information content (AvgIpc) is 2.48. The van der Waals surface area contributed by atoms with E-state index in [0.29, 0.717) is 16.8 Å². The van der Waals surface area contributed by atoms with Crippen LogP contribution in [0.3, 0.4) is 0 Å². The van der Waals surface area contributed by atoms with E-state index in [2.05, 4.69) is 5.32 Å². The Balaban J connectivity index is 2.07. The summed E-state index contributed by atoms with van der Waals surface area (Å²) < 4.78 is 0. The number of nitriles is 1. The molecule has 0 bridgehead atoms. The van der Waals surface area contributed by atoms with Gasteiger partial charge in [-0.25, -0.2) is 0 Å². The molecule has 0 aliphatic heterocycles. The van der Waals surface area contributed by atoms with Crippen molar-refractivity contribution in [2.75, 3.05) is 5.32 Å². The molecule has 0 aromatic heterocycles. The fraction of sp³-hybridized carbons (Fsp3) is 0.125. The van der Waals surface area contributed by atoms with Crippen molar-refractivity contribution in [1.29, 1.82) is 5.26 Å². The number of anilines is 1. The molecule has 0 aliphatic carbocycles. The van der Waals surface area contributed by atoms with Crippen LogP contribution < -0.4 is 5.32 Å². The lowest BCUT2D eigenvalue weighted by atomic mass is 10.1. The van der Waals surface area contributed by atoms with Crippen LogP contribution in [0.1, 0.15) is 22.8 Å². The smallest absolute Gasteiger partial charge is 0.257 e. The molecule has 100 valence electrons. The van der Waals surface area contributed by atoms with Gasteiger partial charge in [0, 0.05) is 5.69 Å². The molecular weight excluding hydrogens is 252 g/mol. The van der Waals surface area contributed by atoms with Gasteiger partial charge in [0.05, 0.1) is 11.6 Å². The van der Waals surface area contributed by atoms with E-state index in [4.69, 9.17) is 5.26 Å². The molecule has 1 atom stereocenters. The van der Waals surface area contributed by atoms with Gasteiger partial charge in [-0.05, 0) is 36.8 Å². The van der Waals surface area contributed by atoms with Crippen molar-refractivity contribution in [3.63, 3.8) is 0 Å². The first-order valence-corrected chi connectivity index (χ1v) is 6.16. The Bertz CT molecular complexity index is 640. The predicted octanol–water partition coefficient (Wildman–Crippen LogP) is 2.54. The molecule has 20 heavy (non-hydrogen) atoms. The maximum atomic E-state index is 11.9. The van der Waals surface area contributed by atoms with Crippen LogP contribution >= 0.6 is 0 Å². The van der Waals surface area contributed by atoms with Gasteiger partial charge in [0.25, 0.3) is 5.91 Å². The van der Waals surface area contributed by atoms with Crippen molar-refractivity contribution in [1.82, 2.24) is 0 Å². The normalized spacial score (nSPS) is 11.4. The molecule has 0 saturated heterocycles. The standard InChI is InChI=1S/C16H14N2O2/c1-11-2-6-13(7-3-11)15(19)16(20)18-14-8-4-12(10-17)5-9-14/h2-9,15,19H,1H3,(H,18,20). The molecule has 4 heteroatoms. The van der Waals surface area contributed by atoms with E-state index in [0.717, 1.165) is 5.56 Å². The van der Waals surface area contributed by atoms with Crippen molar-refractivity contribution >= 4 is 11.6 Å². The highest BCUT2D eigenvalue weighted by Crippen LogP contribution is 2.17. The highest BCUT2D eigenvalue weighted by atomic mass is 16.3. The summed E-state index contributed by atoms with van der Waals surface area (Å²) in [4.78, 5) is 11.9. The Kier molecular flexibility index (Phi) is 4.14. The van der Waals surface area contributed by atoms with Crippen LogP contribution in [-0.2, 0) is 4.79 Å². The summed E-state index contributed by atoms with van der Waals surface area (Å²) in [5.41, 5.74) is 2.66. The quantitative estimate of drug-likeness (QED) is 0.896. The molecule has 2 aromatic carbocycles. The van der Waals surface area contributed by atoms with Gasteiger partial charge >= 0.3 is 0 Å². The van der Waals surface area contributed by atoms with Crippen molar-refractivity contribution < 1.29 is 9.90 Å². The van der Waals surface area contributed by atoms with Gasteiger partial charge in [-0.15, -0.1) is 0 Å². The lowest BCUT2D eigenvalue weighted by molar-refractivity contribution is -0.124. The molecule has 4 nitrogen and oxygen atoms in total. The molecule has 2 N–H and O–H groups in total. The average molecular weight is 266 g/mol. The molecular formula is C16H14N2O2. The molecule has 0 saturated carbocycles. The summed E-state index contributed by atoms with van der Waals surface area (Å²) in [6.45, 7) is 1.94. The number of benzene rings is 2. The Morgan fingerprint density at radius 1 is 1.15 bits per heavy atom.